The maximum atomic E-state index is 10.2. The number of nitrogens with two attached hydrogens (primary N) is 1. The van der Waals surface area contributed by atoms with E-state index in [0.29, 0.717) is 22.6 Å². The minimum Gasteiger partial charge on any atom is -0.507 e. The normalized spacial score (nSPS) is 10.7. The van der Waals surface area contributed by atoms with Gasteiger partial charge in [0.05, 0.1) is 7.11 Å². The van der Waals surface area contributed by atoms with Crippen LogP contribution in [0.25, 0.3) is 17.2 Å². The number of rotatable bonds is 4. The number of benzene rings is 2. The van der Waals surface area contributed by atoms with Crippen LogP contribution in [0.5, 0.6) is 17.2 Å². The monoisotopic (exact) mass is 299 g/mol. The molecule has 0 radical (unpaired) electrons. The molecule has 0 aliphatic carbocycles. The first kappa shape index (κ1) is 15.8. The standard InChI is InChI=1S/C18H21NO3/c1-5-11-6-13(17(22-4)9-14(11)19)12-7-15(20)18(10(2)3)16(21)8-12/h5-10,20-21H,1,19H2,2-4H3. The summed E-state index contributed by atoms with van der Waals surface area (Å²) in [6.45, 7) is 7.56. The Morgan fingerprint density at radius 1 is 1.14 bits per heavy atom. The highest BCUT2D eigenvalue weighted by atomic mass is 16.5. The lowest BCUT2D eigenvalue weighted by molar-refractivity contribution is 0.416. The van der Waals surface area contributed by atoms with Crippen molar-refractivity contribution in [2.75, 3.05) is 12.8 Å². The summed E-state index contributed by atoms with van der Waals surface area (Å²) < 4.78 is 5.36. The van der Waals surface area contributed by atoms with Crippen LogP contribution in [0, 0.1) is 0 Å². The number of hydrogen-bond donors (Lipinski definition) is 3. The van der Waals surface area contributed by atoms with Crippen molar-refractivity contribution in [3.63, 3.8) is 0 Å². The van der Waals surface area contributed by atoms with Gasteiger partial charge >= 0.3 is 0 Å². The van der Waals surface area contributed by atoms with Gasteiger partial charge < -0.3 is 20.7 Å². The summed E-state index contributed by atoms with van der Waals surface area (Å²) in [5.41, 5.74) is 9.16. The second-order valence-corrected chi connectivity index (χ2v) is 5.47. The molecular formula is C18H21NO3. The van der Waals surface area contributed by atoms with Crippen molar-refractivity contribution in [2.24, 2.45) is 0 Å². The Kier molecular flexibility index (Phi) is 4.31. The highest BCUT2D eigenvalue weighted by molar-refractivity contribution is 5.80. The van der Waals surface area contributed by atoms with Crippen molar-refractivity contribution in [2.45, 2.75) is 19.8 Å². The Balaban J connectivity index is 2.69. The Morgan fingerprint density at radius 3 is 2.18 bits per heavy atom. The van der Waals surface area contributed by atoms with E-state index < -0.39 is 0 Å². The fourth-order valence-corrected chi connectivity index (χ4v) is 2.55. The molecule has 0 unspecified atom stereocenters. The average Bonchev–Trinajstić information content (AvgIpc) is 2.45. The van der Waals surface area contributed by atoms with Crippen LogP contribution < -0.4 is 10.5 Å². The molecule has 0 fully saturated rings. The van der Waals surface area contributed by atoms with Gasteiger partial charge in [0.15, 0.2) is 0 Å². The first-order chi connectivity index (χ1) is 10.4. The van der Waals surface area contributed by atoms with Crippen LogP contribution in [0.2, 0.25) is 0 Å². The third kappa shape index (κ3) is 2.72. The van der Waals surface area contributed by atoms with Crippen LogP contribution in [0.4, 0.5) is 5.69 Å². The molecule has 2 rings (SSSR count). The largest absolute Gasteiger partial charge is 0.507 e. The zero-order valence-electron chi connectivity index (χ0n) is 13.1. The molecule has 0 bridgehead atoms. The topological polar surface area (TPSA) is 75.7 Å². The Hall–Kier alpha value is -2.62. The number of methoxy groups -OCH3 is 1. The SMILES string of the molecule is C=Cc1cc(-c2cc(O)c(C(C)C)c(O)c2)c(OC)cc1N. The predicted octanol–water partition coefficient (Wildman–Crippen LogP) is 4.12. The van der Waals surface area contributed by atoms with Gasteiger partial charge in [-0.3, -0.25) is 0 Å². The Morgan fingerprint density at radius 2 is 1.73 bits per heavy atom. The highest BCUT2D eigenvalue weighted by Gasteiger charge is 2.16. The van der Waals surface area contributed by atoms with Gasteiger partial charge in [0, 0.05) is 22.9 Å². The maximum absolute atomic E-state index is 10.2. The van der Waals surface area contributed by atoms with Crippen molar-refractivity contribution in [3.8, 4) is 28.4 Å². The molecule has 0 saturated carbocycles. The maximum Gasteiger partial charge on any atom is 0.128 e. The van der Waals surface area contributed by atoms with Crippen molar-refractivity contribution >= 4 is 11.8 Å². The van der Waals surface area contributed by atoms with Crippen LogP contribution in [0.1, 0.15) is 30.9 Å². The smallest absolute Gasteiger partial charge is 0.128 e. The predicted molar refractivity (Wildman–Crippen MR) is 90.4 cm³/mol. The zero-order valence-corrected chi connectivity index (χ0v) is 13.1. The number of hydrogen-bond acceptors (Lipinski definition) is 4. The van der Waals surface area contributed by atoms with E-state index in [1.165, 1.54) is 0 Å². The molecule has 0 amide bonds. The van der Waals surface area contributed by atoms with Gasteiger partial charge in [-0.05, 0) is 35.2 Å². The molecule has 4 N–H and O–H groups in total. The van der Waals surface area contributed by atoms with Crippen LogP contribution in [0.3, 0.4) is 0 Å². The van der Waals surface area contributed by atoms with Gasteiger partial charge in [0.1, 0.15) is 17.2 Å². The third-order valence-electron chi connectivity index (χ3n) is 3.65. The number of phenols is 2. The number of ether oxygens (including phenoxy) is 1. The van der Waals surface area contributed by atoms with E-state index >= 15 is 0 Å². The lowest BCUT2D eigenvalue weighted by Gasteiger charge is -2.16. The molecular weight excluding hydrogens is 278 g/mol. The van der Waals surface area contributed by atoms with Crippen molar-refractivity contribution < 1.29 is 14.9 Å². The molecule has 4 heteroatoms. The molecule has 0 aliphatic rings. The summed E-state index contributed by atoms with van der Waals surface area (Å²) in [5, 5.41) is 20.4. The molecule has 0 atom stereocenters. The first-order valence-electron chi connectivity index (χ1n) is 7.05. The van der Waals surface area contributed by atoms with Gasteiger partial charge in [0.25, 0.3) is 0 Å². The minimum absolute atomic E-state index is 0.0195. The summed E-state index contributed by atoms with van der Waals surface area (Å²) in [5.74, 6) is 0.707. The number of aromatic hydroxyl groups is 2. The number of nitrogen functional groups attached to an aromatic ring is 1. The van der Waals surface area contributed by atoms with Crippen molar-refractivity contribution in [3.05, 3.63) is 42.0 Å². The van der Waals surface area contributed by atoms with Crippen LogP contribution in [-0.2, 0) is 0 Å². The molecule has 0 aliphatic heterocycles. The van der Waals surface area contributed by atoms with Crippen LogP contribution in [-0.4, -0.2) is 17.3 Å². The van der Waals surface area contributed by atoms with Crippen LogP contribution >= 0.6 is 0 Å². The van der Waals surface area contributed by atoms with Gasteiger partial charge in [-0.25, -0.2) is 0 Å². The molecule has 0 aromatic heterocycles. The average molecular weight is 299 g/mol. The first-order valence-corrected chi connectivity index (χ1v) is 7.05. The van der Waals surface area contributed by atoms with E-state index in [4.69, 9.17) is 10.5 Å². The van der Waals surface area contributed by atoms with Gasteiger partial charge in [-0.15, -0.1) is 0 Å². The fraction of sp³-hybridized carbons (Fsp3) is 0.222. The van der Waals surface area contributed by atoms with Gasteiger partial charge in [-0.1, -0.05) is 26.5 Å². The highest BCUT2D eigenvalue weighted by Crippen LogP contribution is 2.41. The summed E-state index contributed by atoms with van der Waals surface area (Å²) in [4.78, 5) is 0. The third-order valence-corrected chi connectivity index (χ3v) is 3.65. The van der Waals surface area contributed by atoms with E-state index in [9.17, 15) is 10.2 Å². The van der Waals surface area contributed by atoms with E-state index in [0.717, 1.165) is 11.1 Å². The molecule has 0 heterocycles. The summed E-state index contributed by atoms with van der Waals surface area (Å²) in [7, 11) is 1.55. The van der Waals surface area contributed by atoms with E-state index in [1.54, 1.807) is 31.4 Å². The van der Waals surface area contributed by atoms with Crippen molar-refractivity contribution in [1.82, 2.24) is 0 Å². The molecule has 2 aromatic rings. The lowest BCUT2D eigenvalue weighted by atomic mass is 9.94. The molecule has 116 valence electrons. The minimum atomic E-state index is 0.0195. The summed E-state index contributed by atoms with van der Waals surface area (Å²) in [6.07, 6.45) is 1.65. The molecule has 2 aromatic carbocycles. The Labute approximate surface area is 130 Å². The van der Waals surface area contributed by atoms with Gasteiger partial charge in [0.2, 0.25) is 0 Å². The zero-order chi connectivity index (χ0) is 16.4. The summed E-state index contributed by atoms with van der Waals surface area (Å²) in [6, 6.07) is 6.77. The van der Waals surface area contributed by atoms with Crippen molar-refractivity contribution in [1.29, 1.82) is 0 Å². The number of phenolic OH excluding ortho intramolecular Hbond substituents is 2. The number of anilines is 1. The quantitative estimate of drug-likeness (QED) is 0.742. The van der Waals surface area contributed by atoms with E-state index in [1.807, 2.05) is 19.9 Å². The fourth-order valence-electron chi connectivity index (χ4n) is 2.55. The lowest BCUT2D eigenvalue weighted by Crippen LogP contribution is -1.96. The second kappa shape index (κ2) is 6.02. The summed E-state index contributed by atoms with van der Waals surface area (Å²) >= 11 is 0. The van der Waals surface area contributed by atoms with E-state index in [2.05, 4.69) is 6.58 Å². The van der Waals surface area contributed by atoms with Gasteiger partial charge in [-0.2, -0.15) is 0 Å². The molecule has 0 spiro atoms. The molecule has 4 nitrogen and oxygen atoms in total. The second-order valence-electron chi connectivity index (χ2n) is 5.47. The van der Waals surface area contributed by atoms with E-state index in [-0.39, 0.29) is 17.4 Å². The van der Waals surface area contributed by atoms with Crippen LogP contribution in [0.15, 0.2) is 30.8 Å². The molecule has 22 heavy (non-hydrogen) atoms. The Bertz CT molecular complexity index is 698. The molecule has 0 saturated heterocycles.